The maximum Gasteiger partial charge on any atom is 0.186 e. The number of azide groups is 4. The zero-order valence-corrected chi connectivity index (χ0v) is 32.1. The highest BCUT2D eigenvalue weighted by molar-refractivity contribution is 5.16. The predicted molar refractivity (Wildman–Crippen MR) is 209 cm³/mol. The van der Waals surface area contributed by atoms with E-state index < -0.39 is 92.2 Å². The van der Waals surface area contributed by atoms with Crippen LogP contribution in [0.15, 0.2) is 111 Å². The lowest BCUT2D eigenvalue weighted by molar-refractivity contribution is -0.329. The molecule has 3 aliphatic rings. The molecule has 0 unspecified atom stereocenters. The Labute approximate surface area is 343 Å². The molecule has 6 rings (SSSR count). The van der Waals surface area contributed by atoms with Crippen molar-refractivity contribution in [3.8, 4) is 0 Å². The van der Waals surface area contributed by atoms with Crippen LogP contribution in [-0.4, -0.2) is 114 Å². The normalized spacial score (nSPS) is 32.6. The van der Waals surface area contributed by atoms with Crippen molar-refractivity contribution in [3.63, 3.8) is 0 Å². The summed E-state index contributed by atoms with van der Waals surface area (Å²) < 4.78 is 44.4. The lowest BCUT2D eigenvalue weighted by atomic mass is 9.84. The van der Waals surface area contributed by atoms with Gasteiger partial charge in [0.25, 0.3) is 0 Å². The summed E-state index contributed by atoms with van der Waals surface area (Å²) in [7, 11) is 0. The first-order valence-electron chi connectivity index (χ1n) is 19.1. The van der Waals surface area contributed by atoms with E-state index in [1.807, 2.05) is 91.0 Å². The van der Waals surface area contributed by atoms with E-state index in [4.69, 9.17) is 38.7 Å². The minimum atomic E-state index is -1.77. The zero-order chi connectivity index (χ0) is 42.3. The minimum absolute atomic E-state index is 0.0467. The van der Waals surface area contributed by atoms with Crippen LogP contribution in [0.2, 0.25) is 0 Å². The van der Waals surface area contributed by atoms with E-state index in [0.717, 1.165) is 16.7 Å². The molecule has 0 amide bonds. The molecule has 316 valence electrons. The molecule has 3 aromatic carbocycles. The van der Waals surface area contributed by atoms with Crippen LogP contribution in [-0.2, 0) is 53.0 Å². The van der Waals surface area contributed by atoms with Gasteiger partial charge in [-0.05, 0) is 45.2 Å². The Bertz CT molecular complexity index is 2000. The highest BCUT2D eigenvalue weighted by atomic mass is 16.7. The molecule has 0 spiro atoms. The smallest absolute Gasteiger partial charge is 0.186 e. The summed E-state index contributed by atoms with van der Waals surface area (Å²) >= 11 is 0. The van der Waals surface area contributed by atoms with Gasteiger partial charge < -0.3 is 48.5 Å². The van der Waals surface area contributed by atoms with Gasteiger partial charge in [0.15, 0.2) is 12.6 Å². The van der Waals surface area contributed by atoms with Crippen LogP contribution >= 0.6 is 0 Å². The third-order valence-electron chi connectivity index (χ3n) is 10.3. The van der Waals surface area contributed by atoms with Crippen molar-refractivity contribution in [1.29, 1.82) is 0 Å². The number of aliphatic hydroxyl groups excluding tert-OH is 3. The fraction of sp³-hybridized carbons (Fsp3) is 0.526. The Morgan fingerprint density at radius 1 is 0.567 bits per heavy atom. The number of benzene rings is 3. The van der Waals surface area contributed by atoms with E-state index in [-0.39, 0.29) is 32.8 Å². The van der Waals surface area contributed by atoms with Crippen molar-refractivity contribution < 1.29 is 48.5 Å². The molecule has 3 fully saturated rings. The Morgan fingerprint density at radius 3 is 1.58 bits per heavy atom. The van der Waals surface area contributed by atoms with Crippen molar-refractivity contribution in [3.05, 3.63) is 149 Å². The molecule has 14 atom stereocenters. The maximum absolute atomic E-state index is 12.1. The van der Waals surface area contributed by atoms with Gasteiger partial charge in [0, 0.05) is 19.6 Å². The van der Waals surface area contributed by atoms with Crippen LogP contribution in [0.5, 0.6) is 0 Å². The largest absolute Gasteiger partial charge is 0.390 e. The van der Waals surface area contributed by atoms with Gasteiger partial charge in [-0.15, -0.1) is 0 Å². The Balaban J connectivity index is 1.32. The standard InChI is InChI=1S/C38H44N12O10/c39-47-43-17-27-30(51)31(52)29(46-50-42)37(58-27)59-33-25(44-48-40)16-26(45-49-41)34(32(33)53)60-38-36(56-20-24-14-8-3-9-15-24)35(55-19-23-12-6-2-7-13-23)28(21-57-38)54-18-22-10-4-1-5-11-22/h1-15,25-38,51-53H,16-21H2/t25-,26+,27+,28+,29+,30+,31+,32-,33+,34-,35-,36+,37+,38+/m0/s1. The second-order valence-electron chi connectivity index (χ2n) is 14.2. The molecule has 22 heteroatoms. The van der Waals surface area contributed by atoms with Gasteiger partial charge >= 0.3 is 0 Å². The van der Waals surface area contributed by atoms with Crippen molar-refractivity contribution in [2.24, 2.45) is 20.5 Å². The number of ether oxygens (including phenoxy) is 7. The number of rotatable bonds is 18. The first-order valence-corrected chi connectivity index (χ1v) is 19.1. The summed E-state index contributed by atoms with van der Waals surface area (Å²) in [5.74, 6) is 0. The van der Waals surface area contributed by atoms with Crippen molar-refractivity contribution in [2.45, 2.75) is 112 Å². The molecule has 2 saturated heterocycles. The first-order chi connectivity index (χ1) is 29.3. The Kier molecular flexibility index (Phi) is 16.3. The van der Waals surface area contributed by atoms with Crippen LogP contribution in [0.4, 0.5) is 0 Å². The first kappa shape index (κ1) is 44.1. The summed E-state index contributed by atoms with van der Waals surface area (Å²) in [6, 6.07) is 24.5. The van der Waals surface area contributed by atoms with Gasteiger partial charge in [-0.25, -0.2) is 0 Å². The summed E-state index contributed by atoms with van der Waals surface area (Å²) in [5, 5.41) is 48.3. The SMILES string of the molecule is [N-]=[N+]=NC[C@H]1O[C@H](O[C@H]2[C@H](O)[C@@H](O[C@H]3OC[C@@H](OCc4ccccc4)[C@H](OCc4ccccc4)[C@H]3OCc3ccccc3)[C@H](N=[N+]=[N-])C[C@@H]2N=[N+]=[N-])[C@H](N=[N+]=[N-])[C@@H](O)[C@@H]1O. The molecule has 3 N–H and O–H groups in total. The van der Waals surface area contributed by atoms with E-state index in [2.05, 4.69) is 40.1 Å². The second-order valence-corrected chi connectivity index (χ2v) is 14.2. The molecule has 2 heterocycles. The van der Waals surface area contributed by atoms with Crippen LogP contribution in [0.1, 0.15) is 23.1 Å². The van der Waals surface area contributed by atoms with Crippen molar-refractivity contribution in [1.82, 2.24) is 0 Å². The van der Waals surface area contributed by atoms with Crippen molar-refractivity contribution >= 4 is 0 Å². The van der Waals surface area contributed by atoms with Gasteiger partial charge in [0.05, 0.1) is 69.5 Å². The van der Waals surface area contributed by atoms with E-state index >= 15 is 0 Å². The predicted octanol–water partition coefficient (Wildman–Crippen LogP) is 5.43. The van der Waals surface area contributed by atoms with Crippen LogP contribution in [0, 0.1) is 0 Å². The minimum Gasteiger partial charge on any atom is -0.390 e. The van der Waals surface area contributed by atoms with Gasteiger partial charge in [-0.3, -0.25) is 0 Å². The molecule has 60 heavy (non-hydrogen) atoms. The molecular weight excluding hydrogens is 784 g/mol. The molecule has 0 radical (unpaired) electrons. The third kappa shape index (κ3) is 11.2. The number of nitrogens with zero attached hydrogens (tertiary/aromatic N) is 12. The summed E-state index contributed by atoms with van der Waals surface area (Å²) in [6.45, 7) is -0.00140. The van der Waals surface area contributed by atoms with Crippen LogP contribution < -0.4 is 0 Å². The Hall–Kier alpha value is -5.50. The van der Waals surface area contributed by atoms with Crippen LogP contribution in [0.25, 0.3) is 41.8 Å². The number of aliphatic hydroxyl groups is 3. The molecular formula is C38H44N12O10. The molecule has 1 aliphatic carbocycles. The monoisotopic (exact) mass is 828 g/mol. The highest BCUT2D eigenvalue weighted by Crippen LogP contribution is 2.36. The molecule has 0 bridgehead atoms. The average Bonchev–Trinajstić information content (AvgIpc) is 3.27. The van der Waals surface area contributed by atoms with Crippen molar-refractivity contribution in [2.75, 3.05) is 13.2 Å². The molecule has 22 nitrogen and oxygen atoms in total. The molecule has 3 aromatic rings. The quantitative estimate of drug-likeness (QED) is 0.0829. The Morgan fingerprint density at radius 2 is 1.07 bits per heavy atom. The summed E-state index contributed by atoms with van der Waals surface area (Å²) in [5.41, 5.74) is 39.9. The topological polar surface area (TPSA) is 320 Å². The van der Waals surface area contributed by atoms with Gasteiger partial charge in [-0.1, -0.05) is 111 Å². The summed E-state index contributed by atoms with van der Waals surface area (Å²) in [4.78, 5) is 11.3. The molecule has 0 aromatic heterocycles. The number of hydrogen-bond acceptors (Lipinski definition) is 14. The lowest BCUT2D eigenvalue weighted by Gasteiger charge is -2.48. The van der Waals surface area contributed by atoms with Gasteiger partial charge in [0.1, 0.15) is 36.6 Å². The van der Waals surface area contributed by atoms with E-state index in [1.54, 1.807) is 0 Å². The van der Waals surface area contributed by atoms with E-state index in [0.29, 0.717) is 0 Å². The second kappa shape index (κ2) is 22.2. The fourth-order valence-electron chi connectivity index (χ4n) is 7.34. The maximum atomic E-state index is 12.1. The van der Waals surface area contributed by atoms with E-state index in [1.165, 1.54) is 0 Å². The lowest BCUT2D eigenvalue weighted by Crippen LogP contribution is -2.64. The molecule has 2 aliphatic heterocycles. The zero-order valence-electron chi connectivity index (χ0n) is 32.1. The fourth-order valence-corrected chi connectivity index (χ4v) is 7.34. The average molecular weight is 829 g/mol. The van der Waals surface area contributed by atoms with E-state index in [9.17, 15) is 31.9 Å². The van der Waals surface area contributed by atoms with Gasteiger partial charge in [0.2, 0.25) is 0 Å². The van der Waals surface area contributed by atoms with Gasteiger partial charge in [-0.2, -0.15) is 0 Å². The molecule has 1 saturated carbocycles. The summed E-state index contributed by atoms with van der Waals surface area (Å²) in [6.07, 6.45) is -15.1. The third-order valence-corrected chi connectivity index (χ3v) is 10.3. The highest BCUT2D eigenvalue weighted by Gasteiger charge is 2.53. The van der Waals surface area contributed by atoms with Crippen LogP contribution in [0.3, 0.4) is 0 Å². The number of hydrogen-bond donors (Lipinski definition) is 3.